The van der Waals surface area contributed by atoms with Crippen LogP contribution in [0.1, 0.15) is 28.3 Å². The molecule has 0 aromatic heterocycles. The Morgan fingerprint density at radius 3 is 2.70 bits per heavy atom. The Bertz CT molecular complexity index is 833. The Balaban J connectivity index is 1.62. The molecule has 0 saturated carbocycles. The lowest BCUT2D eigenvalue weighted by atomic mass is 10.0. The van der Waals surface area contributed by atoms with Gasteiger partial charge in [-0.2, -0.15) is 4.31 Å². The Morgan fingerprint density at radius 2 is 1.91 bits per heavy atom. The van der Waals surface area contributed by atoms with E-state index in [1.165, 1.54) is 16.7 Å². The molecule has 0 N–H and O–H groups in total. The molecule has 0 radical (unpaired) electrons. The number of aryl methyl sites for hydroxylation is 1. The third-order valence-electron chi connectivity index (χ3n) is 4.78. The van der Waals surface area contributed by atoms with Gasteiger partial charge in [0.2, 0.25) is 10.0 Å². The van der Waals surface area contributed by atoms with Crippen molar-refractivity contribution in [2.24, 2.45) is 0 Å². The second-order valence-electron chi connectivity index (χ2n) is 6.48. The first kappa shape index (κ1) is 14.9. The van der Waals surface area contributed by atoms with Crippen LogP contribution in [0.5, 0.6) is 0 Å². The van der Waals surface area contributed by atoms with E-state index in [2.05, 4.69) is 30.0 Å². The molecule has 0 bridgehead atoms. The van der Waals surface area contributed by atoms with Gasteiger partial charge in [-0.1, -0.05) is 54.1 Å². The topological polar surface area (TPSA) is 40.6 Å². The highest BCUT2D eigenvalue weighted by molar-refractivity contribution is 7.89. The first-order valence-corrected chi connectivity index (χ1v) is 9.49. The zero-order chi connectivity index (χ0) is 16.0. The molecule has 4 nitrogen and oxygen atoms in total. The molecule has 4 rings (SSSR count). The molecule has 0 aliphatic carbocycles. The Hall–Kier alpha value is -1.69. The van der Waals surface area contributed by atoms with Crippen LogP contribution >= 0.6 is 0 Å². The van der Waals surface area contributed by atoms with E-state index in [1.807, 2.05) is 30.3 Å². The number of sulfonamides is 1. The number of rotatable bonds is 2. The van der Waals surface area contributed by atoms with Crippen molar-refractivity contribution in [1.29, 1.82) is 0 Å². The molecule has 1 unspecified atom stereocenters. The molecule has 2 aliphatic heterocycles. The molecule has 120 valence electrons. The SMILES string of the molecule is Cc1ccc2c(c1)C1CS(=O)(=O)N(Cc3ccccc3)CN1C2. The molecule has 5 heteroatoms. The van der Waals surface area contributed by atoms with E-state index >= 15 is 0 Å². The summed E-state index contributed by atoms with van der Waals surface area (Å²) in [5, 5.41) is 0. The Kier molecular flexibility index (Phi) is 3.52. The van der Waals surface area contributed by atoms with Gasteiger partial charge in [0.1, 0.15) is 0 Å². The average molecular weight is 328 g/mol. The van der Waals surface area contributed by atoms with Gasteiger partial charge in [-0.3, -0.25) is 4.90 Å². The second kappa shape index (κ2) is 5.44. The first-order valence-electron chi connectivity index (χ1n) is 7.88. The number of hydrogen-bond acceptors (Lipinski definition) is 3. The maximum Gasteiger partial charge on any atom is 0.217 e. The monoisotopic (exact) mass is 328 g/mol. The van der Waals surface area contributed by atoms with E-state index in [0.29, 0.717) is 13.2 Å². The number of nitrogens with zero attached hydrogens (tertiary/aromatic N) is 2. The number of hydrogen-bond donors (Lipinski definition) is 0. The van der Waals surface area contributed by atoms with Crippen molar-refractivity contribution < 1.29 is 8.42 Å². The van der Waals surface area contributed by atoms with E-state index in [1.54, 1.807) is 4.31 Å². The van der Waals surface area contributed by atoms with Crippen molar-refractivity contribution in [3.05, 3.63) is 70.8 Å². The first-order chi connectivity index (χ1) is 11.0. The van der Waals surface area contributed by atoms with Crippen molar-refractivity contribution in [3.63, 3.8) is 0 Å². The fourth-order valence-corrected chi connectivity index (χ4v) is 5.24. The van der Waals surface area contributed by atoms with Gasteiger partial charge in [0.05, 0.1) is 18.5 Å². The van der Waals surface area contributed by atoms with E-state index in [-0.39, 0.29) is 11.8 Å². The Labute approximate surface area is 137 Å². The third-order valence-corrected chi connectivity index (χ3v) is 6.55. The predicted octanol–water partition coefficient (Wildman–Crippen LogP) is 2.65. The van der Waals surface area contributed by atoms with Crippen LogP contribution in [-0.4, -0.2) is 30.0 Å². The summed E-state index contributed by atoms with van der Waals surface area (Å²) in [4.78, 5) is 2.27. The molecule has 23 heavy (non-hydrogen) atoms. The summed E-state index contributed by atoms with van der Waals surface area (Å²) in [6.45, 7) is 3.81. The predicted molar refractivity (Wildman–Crippen MR) is 90.1 cm³/mol. The lowest BCUT2D eigenvalue weighted by Gasteiger charge is -2.37. The van der Waals surface area contributed by atoms with Gasteiger partial charge >= 0.3 is 0 Å². The van der Waals surface area contributed by atoms with Gasteiger partial charge in [-0.05, 0) is 23.6 Å². The highest BCUT2D eigenvalue weighted by Gasteiger charge is 2.41. The van der Waals surface area contributed by atoms with E-state index in [0.717, 1.165) is 12.1 Å². The van der Waals surface area contributed by atoms with Crippen LogP contribution in [0.3, 0.4) is 0 Å². The minimum Gasteiger partial charge on any atom is -0.277 e. The summed E-state index contributed by atoms with van der Waals surface area (Å²) in [5.74, 6) is 0.177. The molecule has 0 amide bonds. The molecule has 2 heterocycles. The van der Waals surface area contributed by atoms with Gasteiger partial charge in [-0.25, -0.2) is 8.42 Å². The van der Waals surface area contributed by atoms with Crippen molar-refractivity contribution in [3.8, 4) is 0 Å². The Morgan fingerprint density at radius 1 is 1.13 bits per heavy atom. The van der Waals surface area contributed by atoms with Gasteiger partial charge in [0.15, 0.2) is 0 Å². The zero-order valence-corrected chi connectivity index (χ0v) is 14.0. The summed E-state index contributed by atoms with van der Waals surface area (Å²) in [6.07, 6.45) is 0. The number of fused-ring (bicyclic) bond motifs is 3. The van der Waals surface area contributed by atoms with Crippen LogP contribution in [-0.2, 0) is 23.1 Å². The lowest BCUT2D eigenvalue weighted by molar-refractivity contribution is 0.137. The van der Waals surface area contributed by atoms with Crippen molar-refractivity contribution >= 4 is 10.0 Å². The van der Waals surface area contributed by atoms with Crippen molar-refractivity contribution in [1.82, 2.24) is 9.21 Å². The van der Waals surface area contributed by atoms with Gasteiger partial charge in [-0.15, -0.1) is 0 Å². The maximum absolute atomic E-state index is 12.7. The van der Waals surface area contributed by atoms with E-state index < -0.39 is 10.0 Å². The summed E-state index contributed by atoms with van der Waals surface area (Å²) >= 11 is 0. The maximum atomic E-state index is 12.7. The quantitative estimate of drug-likeness (QED) is 0.851. The van der Waals surface area contributed by atoms with Crippen LogP contribution in [0.25, 0.3) is 0 Å². The lowest BCUT2D eigenvalue weighted by Crippen LogP contribution is -2.49. The average Bonchev–Trinajstić information content (AvgIpc) is 2.85. The largest absolute Gasteiger partial charge is 0.277 e. The molecule has 2 aliphatic rings. The minimum absolute atomic E-state index is 0.00178. The summed E-state index contributed by atoms with van der Waals surface area (Å²) < 4.78 is 27.1. The van der Waals surface area contributed by atoms with Crippen LogP contribution in [0, 0.1) is 6.92 Å². The third kappa shape index (κ3) is 2.69. The molecule has 2 aromatic carbocycles. The van der Waals surface area contributed by atoms with Crippen LogP contribution in [0.15, 0.2) is 48.5 Å². The van der Waals surface area contributed by atoms with Crippen molar-refractivity contribution in [2.45, 2.75) is 26.1 Å². The van der Waals surface area contributed by atoms with Crippen LogP contribution < -0.4 is 0 Å². The van der Waals surface area contributed by atoms with Crippen LogP contribution in [0.2, 0.25) is 0 Å². The smallest absolute Gasteiger partial charge is 0.217 e. The van der Waals surface area contributed by atoms with Gasteiger partial charge < -0.3 is 0 Å². The summed E-state index contributed by atoms with van der Waals surface area (Å²) in [6, 6.07) is 16.2. The zero-order valence-electron chi connectivity index (χ0n) is 13.1. The van der Waals surface area contributed by atoms with Crippen LogP contribution in [0.4, 0.5) is 0 Å². The standard InChI is InChI=1S/C18H20N2O2S/c1-14-7-8-16-11-19-13-20(10-15-5-3-2-4-6-15)23(21,22)12-18(19)17(16)9-14/h2-9,18H,10-13H2,1H3. The number of benzene rings is 2. The molecule has 1 fully saturated rings. The van der Waals surface area contributed by atoms with E-state index in [4.69, 9.17) is 0 Å². The molecule has 1 saturated heterocycles. The summed E-state index contributed by atoms with van der Waals surface area (Å²) in [5.41, 5.74) is 4.67. The van der Waals surface area contributed by atoms with Gasteiger partial charge in [0.25, 0.3) is 0 Å². The molecule has 0 spiro atoms. The fourth-order valence-electron chi connectivity index (χ4n) is 3.57. The second-order valence-corrected chi connectivity index (χ2v) is 8.49. The minimum atomic E-state index is -3.24. The van der Waals surface area contributed by atoms with E-state index in [9.17, 15) is 8.42 Å². The molecular formula is C18H20N2O2S. The molecular weight excluding hydrogens is 308 g/mol. The fraction of sp³-hybridized carbons (Fsp3) is 0.333. The highest BCUT2D eigenvalue weighted by atomic mass is 32.2. The summed E-state index contributed by atoms with van der Waals surface area (Å²) in [7, 11) is -3.24. The highest BCUT2D eigenvalue weighted by Crippen LogP contribution is 2.39. The molecule has 1 atom stereocenters. The molecule has 2 aromatic rings. The normalized spacial score (nSPS) is 23.4. The van der Waals surface area contributed by atoms with Crippen molar-refractivity contribution in [2.75, 3.05) is 12.4 Å². The van der Waals surface area contributed by atoms with Gasteiger partial charge in [0, 0.05) is 13.1 Å².